The summed E-state index contributed by atoms with van der Waals surface area (Å²) in [4.78, 5) is 11.5. The largest absolute Gasteiger partial charge is 0.481 e. The molecule has 1 aromatic rings. The Kier molecular flexibility index (Phi) is 3.30. The van der Waals surface area contributed by atoms with Crippen molar-refractivity contribution in [1.29, 1.82) is 0 Å². The molecule has 0 saturated carbocycles. The number of halogens is 1. The molecule has 3 nitrogen and oxygen atoms in total. The van der Waals surface area contributed by atoms with Gasteiger partial charge in [0.2, 0.25) is 0 Å². The molecule has 2 rings (SSSR count). The lowest BCUT2D eigenvalue weighted by atomic mass is 9.73. The number of hydrogen-bond acceptors (Lipinski definition) is 2. The molecular weight excluding hydrogens is 270 g/mol. The van der Waals surface area contributed by atoms with E-state index in [-0.39, 0.29) is 0 Å². The second kappa shape index (κ2) is 4.55. The molecule has 0 amide bonds. The predicted octanol–water partition coefficient (Wildman–Crippen LogP) is 2.15. The van der Waals surface area contributed by atoms with E-state index in [1.54, 1.807) is 0 Å². The van der Waals surface area contributed by atoms with Gasteiger partial charge in [-0.25, -0.2) is 0 Å². The Morgan fingerprint density at radius 2 is 2.06 bits per heavy atom. The van der Waals surface area contributed by atoms with Crippen molar-refractivity contribution in [3.05, 3.63) is 34.3 Å². The van der Waals surface area contributed by atoms with E-state index in [9.17, 15) is 9.90 Å². The number of carbonyl (C=O) groups is 1. The zero-order valence-electron chi connectivity index (χ0n) is 8.87. The Hall–Kier alpha value is -0.870. The highest BCUT2D eigenvalue weighted by Gasteiger charge is 2.41. The second-order valence-electron chi connectivity index (χ2n) is 4.15. The SMILES string of the molecule is O=C(O)C1(c2cccc(Br)c2)CCNCC1. The van der Waals surface area contributed by atoms with Gasteiger partial charge in [0.15, 0.2) is 0 Å². The Balaban J connectivity index is 2.42. The third-order valence-corrected chi connectivity index (χ3v) is 3.74. The minimum Gasteiger partial charge on any atom is -0.481 e. The lowest BCUT2D eigenvalue weighted by molar-refractivity contribution is -0.145. The van der Waals surface area contributed by atoms with Crippen molar-refractivity contribution in [1.82, 2.24) is 5.32 Å². The normalized spacial score (nSPS) is 19.3. The molecule has 2 N–H and O–H groups in total. The Morgan fingerprint density at radius 1 is 1.38 bits per heavy atom. The molecule has 1 aliphatic heterocycles. The molecule has 0 unspecified atom stereocenters. The van der Waals surface area contributed by atoms with E-state index in [1.165, 1.54) is 0 Å². The van der Waals surface area contributed by atoms with Crippen LogP contribution in [0.4, 0.5) is 0 Å². The van der Waals surface area contributed by atoms with Gasteiger partial charge in [-0.1, -0.05) is 28.1 Å². The van der Waals surface area contributed by atoms with Gasteiger partial charge in [0.05, 0.1) is 5.41 Å². The summed E-state index contributed by atoms with van der Waals surface area (Å²) in [5.41, 5.74) is 0.186. The van der Waals surface area contributed by atoms with E-state index in [1.807, 2.05) is 24.3 Å². The molecule has 0 atom stereocenters. The first-order valence-corrected chi connectivity index (χ1v) is 6.15. The van der Waals surface area contributed by atoms with Crippen LogP contribution in [0, 0.1) is 0 Å². The van der Waals surface area contributed by atoms with Crippen LogP contribution < -0.4 is 5.32 Å². The van der Waals surface area contributed by atoms with Gasteiger partial charge in [-0.2, -0.15) is 0 Å². The summed E-state index contributed by atoms with van der Waals surface area (Å²) in [7, 11) is 0. The standard InChI is InChI=1S/C12H14BrNO2/c13-10-3-1-2-9(8-10)12(11(15)16)4-6-14-7-5-12/h1-3,8,14H,4-7H2,(H,15,16). The molecule has 0 spiro atoms. The van der Waals surface area contributed by atoms with Crippen molar-refractivity contribution in [2.45, 2.75) is 18.3 Å². The molecule has 16 heavy (non-hydrogen) atoms. The number of carboxylic acid groups (broad SMARTS) is 1. The molecule has 1 saturated heterocycles. The zero-order chi connectivity index (χ0) is 11.6. The summed E-state index contributed by atoms with van der Waals surface area (Å²) in [5, 5.41) is 12.7. The van der Waals surface area contributed by atoms with Crippen LogP contribution in [0.3, 0.4) is 0 Å². The van der Waals surface area contributed by atoms with Crippen LogP contribution >= 0.6 is 15.9 Å². The molecule has 1 heterocycles. The average Bonchev–Trinajstić information content (AvgIpc) is 2.30. The number of nitrogens with one attached hydrogen (secondary N) is 1. The highest BCUT2D eigenvalue weighted by molar-refractivity contribution is 9.10. The fourth-order valence-electron chi connectivity index (χ4n) is 2.27. The summed E-state index contributed by atoms with van der Waals surface area (Å²) < 4.78 is 0.934. The van der Waals surface area contributed by atoms with E-state index in [0.717, 1.165) is 23.1 Å². The highest BCUT2D eigenvalue weighted by atomic mass is 79.9. The average molecular weight is 284 g/mol. The Morgan fingerprint density at radius 3 is 2.62 bits per heavy atom. The molecule has 86 valence electrons. The molecule has 0 bridgehead atoms. The summed E-state index contributed by atoms with van der Waals surface area (Å²) in [6.45, 7) is 1.53. The first-order valence-electron chi connectivity index (χ1n) is 5.35. The number of aliphatic carboxylic acids is 1. The summed E-state index contributed by atoms with van der Waals surface area (Å²) in [6.07, 6.45) is 1.30. The highest BCUT2D eigenvalue weighted by Crippen LogP contribution is 2.34. The number of rotatable bonds is 2. The summed E-state index contributed by atoms with van der Waals surface area (Å²) in [5.74, 6) is -0.716. The van der Waals surface area contributed by atoms with Gasteiger partial charge < -0.3 is 10.4 Å². The quantitative estimate of drug-likeness (QED) is 0.875. The molecule has 4 heteroatoms. The van der Waals surface area contributed by atoms with Crippen LogP contribution in [0.25, 0.3) is 0 Å². The Bertz CT molecular complexity index is 400. The van der Waals surface area contributed by atoms with Crippen molar-refractivity contribution in [3.63, 3.8) is 0 Å². The Labute approximate surface area is 103 Å². The van der Waals surface area contributed by atoms with E-state index >= 15 is 0 Å². The number of benzene rings is 1. The minimum atomic E-state index is -0.716. The van der Waals surface area contributed by atoms with Crippen molar-refractivity contribution in [3.8, 4) is 0 Å². The van der Waals surface area contributed by atoms with E-state index in [2.05, 4.69) is 21.2 Å². The van der Waals surface area contributed by atoms with Crippen LogP contribution in [-0.2, 0) is 10.2 Å². The van der Waals surface area contributed by atoms with Crippen LogP contribution in [-0.4, -0.2) is 24.2 Å². The van der Waals surface area contributed by atoms with Crippen LogP contribution in [0.15, 0.2) is 28.7 Å². The van der Waals surface area contributed by atoms with Gasteiger partial charge in [0.1, 0.15) is 0 Å². The van der Waals surface area contributed by atoms with Gasteiger partial charge in [0, 0.05) is 4.47 Å². The summed E-state index contributed by atoms with van der Waals surface area (Å²) in [6, 6.07) is 7.63. The maximum absolute atomic E-state index is 11.5. The molecular formula is C12H14BrNO2. The van der Waals surface area contributed by atoms with Gasteiger partial charge in [-0.3, -0.25) is 4.79 Å². The lowest BCUT2D eigenvalue weighted by Crippen LogP contribution is -2.45. The van der Waals surface area contributed by atoms with Crippen molar-refractivity contribution < 1.29 is 9.90 Å². The molecule has 1 aromatic carbocycles. The fourth-order valence-corrected chi connectivity index (χ4v) is 2.66. The third kappa shape index (κ3) is 1.99. The second-order valence-corrected chi connectivity index (χ2v) is 5.06. The first-order chi connectivity index (χ1) is 7.65. The topological polar surface area (TPSA) is 49.3 Å². The van der Waals surface area contributed by atoms with Crippen LogP contribution in [0.1, 0.15) is 18.4 Å². The van der Waals surface area contributed by atoms with E-state index in [4.69, 9.17) is 0 Å². The van der Waals surface area contributed by atoms with Gasteiger partial charge in [-0.05, 0) is 43.6 Å². The van der Waals surface area contributed by atoms with Crippen molar-refractivity contribution in [2.75, 3.05) is 13.1 Å². The minimum absolute atomic E-state index is 0.652. The number of carboxylic acids is 1. The van der Waals surface area contributed by atoms with Gasteiger partial charge in [0.25, 0.3) is 0 Å². The fraction of sp³-hybridized carbons (Fsp3) is 0.417. The smallest absolute Gasteiger partial charge is 0.314 e. The number of hydrogen-bond donors (Lipinski definition) is 2. The van der Waals surface area contributed by atoms with Crippen molar-refractivity contribution in [2.24, 2.45) is 0 Å². The third-order valence-electron chi connectivity index (χ3n) is 3.24. The maximum Gasteiger partial charge on any atom is 0.314 e. The van der Waals surface area contributed by atoms with E-state index < -0.39 is 11.4 Å². The summed E-state index contributed by atoms with van der Waals surface area (Å²) >= 11 is 3.39. The van der Waals surface area contributed by atoms with Crippen LogP contribution in [0.2, 0.25) is 0 Å². The monoisotopic (exact) mass is 283 g/mol. The molecule has 0 aliphatic carbocycles. The zero-order valence-corrected chi connectivity index (χ0v) is 10.5. The van der Waals surface area contributed by atoms with E-state index in [0.29, 0.717) is 12.8 Å². The van der Waals surface area contributed by atoms with Gasteiger partial charge >= 0.3 is 5.97 Å². The lowest BCUT2D eigenvalue weighted by Gasteiger charge is -2.34. The number of piperidine rings is 1. The van der Waals surface area contributed by atoms with Crippen LogP contribution in [0.5, 0.6) is 0 Å². The van der Waals surface area contributed by atoms with Crippen molar-refractivity contribution >= 4 is 21.9 Å². The molecule has 1 aliphatic rings. The maximum atomic E-state index is 11.5. The molecule has 0 radical (unpaired) electrons. The molecule has 0 aromatic heterocycles. The predicted molar refractivity (Wildman–Crippen MR) is 65.6 cm³/mol. The first kappa shape index (κ1) is 11.6. The van der Waals surface area contributed by atoms with Gasteiger partial charge in [-0.15, -0.1) is 0 Å². The molecule has 1 fully saturated rings.